The molecule has 0 aliphatic carbocycles. The highest BCUT2D eigenvalue weighted by molar-refractivity contribution is 5.87. The second kappa shape index (κ2) is 4.06. The third kappa shape index (κ3) is 1.62. The maximum Gasteiger partial charge on any atom is 0.137 e. The maximum absolute atomic E-state index is 5.85. The standard InChI is InChI=1S/C16H12N4/c17-14-2-1-12-9-19-16(8-13(12)7-14)20-6-4-11-3-5-18-10-15(11)20/h1-10H,17H2. The summed E-state index contributed by atoms with van der Waals surface area (Å²) in [6.07, 6.45) is 7.51. The molecule has 3 heterocycles. The molecule has 0 saturated carbocycles. The van der Waals surface area contributed by atoms with Gasteiger partial charge >= 0.3 is 0 Å². The second-order valence-electron chi connectivity index (χ2n) is 4.77. The van der Waals surface area contributed by atoms with Crippen LogP contribution in [0.3, 0.4) is 0 Å². The lowest BCUT2D eigenvalue weighted by atomic mass is 10.1. The van der Waals surface area contributed by atoms with E-state index in [4.69, 9.17) is 5.73 Å². The van der Waals surface area contributed by atoms with Crippen molar-refractivity contribution in [2.24, 2.45) is 0 Å². The van der Waals surface area contributed by atoms with Gasteiger partial charge in [-0.3, -0.25) is 9.55 Å². The number of rotatable bonds is 1. The molecule has 96 valence electrons. The summed E-state index contributed by atoms with van der Waals surface area (Å²) in [5.74, 6) is 0.867. The van der Waals surface area contributed by atoms with Crippen LogP contribution < -0.4 is 5.73 Å². The first-order valence-corrected chi connectivity index (χ1v) is 6.38. The average molecular weight is 260 g/mol. The molecule has 0 aliphatic rings. The highest BCUT2D eigenvalue weighted by Crippen LogP contribution is 2.22. The molecule has 0 atom stereocenters. The lowest BCUT2D eigenvalue weighted by molar-refractivity contribution is 1.05. The zero-order valence-electron chi connectivity index (χ0n) is 10.7. The summed E-state index contributed by atoms with van der Waals surface area (Å²) in [5.41, 5.74) is 7.65. The molecule has 1 aromatic carbocycles. The molecule has 4 rings (SSSR count). The van der Waals surface area contributed by atoms with Crippen LogP contribution in [0.15, 0.2) is 61.2 Å². The van der Waals surface area contributed by atoms with Crippen molar-refractivity contribution in [2.45, 2.75) is 0 Å². The van der Waals surface area contributed by atoms with Crippen molar-refractivity contribution in [3.05, 3.63) is 61.2 Å². The molecule has 0 fully saturated rings. The summed E-state index contributed by atoms with van der Waals surface area (Å²) >= 11 is 0. The number of nitrogens with zero attached hydrogens (tertiary/aromatic N) is 3. The Morgan fingerprint density at radius 3 is 2.80 bits per heavy atom. The summed E-state index contributed by atoms with van der Waals surface area (Å²) in [6.45, 7) is 0. The van der Waals surface area contributed by atoms with E-state index in [1.807, 2.05) is 53.5 Å². The summed E-state index contributed by atoms with van der Waals surface area (Å²) < 4.78 is 2.03. The molecule has 0 bridgehead atoms. The molecular weight excluding hydrogens is 248 g/mol. The Bertz CT molecular complexity index is 924. The minimum Gasteiger partial charge on any atom is -0.399 e. The van der Waals surface area contributed by atoms with Gasteiger partial charge in [-0.25, -0.2) is 4.98 Å². The first-order chi connectivity index (χ1) is 9.81. The Balaban J connectivity index is 1.97. The van der Waals surface area contributed by atoms with Gasteiger partial charge in [-0.15, -0.1) is 0 Å². The molecule has 0 amide bonds. The highest BCUT2D eigenvalue weighted by atomic mass is 15.1. The van der Waals surface area contributed by atoms with Gasteiger partial charge in [0.15, 0.2) is 0 Å². The average Bonchev–Trinajstić information content (AvgIpc) is 2.90. The quantitative estimate of drug-likeness (QED) is 0.535. The van der Waals surface area contributed by atoms with Crippen molar-refractivity contribution in [3.8, 4) is 5.82 Å². The van der Waals surface area contributed by atoms with Crippen molar-refractivity contribution in [1.29, 1.82) is 0 Å². The first-order valence-electron chi connectivity index (χ1n) is 6.38. The Morgan fingerprint density at radius 2 is 1.85 bits per heavy atom. The van der Waals surface area contributed by atoms with Gasteiger partial charge < -0.3 is 5.73 Å². The number of benzene rings is 1. The van der Waals surface area contributed by atoms with E-state index < -0.39 is 0 Å². The summed E-state index contributed by atoms with van der Waals surface area (Å²) in [6, 6.07) is 11.9. The molecule has 3 aromatic heterocycles. The molecule has 2 N–H and O–H groups in total. The monoisotopic (exact) mass is 260 g/mol. The molecule has 20 heavy (non-hydrogen) atoms. The van der Waals surface area contributed by atoms with E-state index in [0.717, 1.165) is 33.2 Å². The molecule has 4 aromatic rings. The number of fused-ring (bicyclic) bond motifs is 2. The number of hydrogen-bond donors (Lipinski definition) is 1. The fourth-order valence-electron chi connectivity index (χ4n) is 2.45. The van der Waals surface area contributed by atoms with Crippen LogP contribution in [-0.2, 0) is 0 Å². The third-order valence-corrected chi connectivity index (χ3v) is 3.47. The van der Waals surface area contributed by atoms with Gasteiger partial charge in [0.25, 0.3) is 0 Å². The van der Waals surface area contributed by atoms with Crippen molar-refractivity contribution < 1.29 is 0 Å². The van der Waals surface area contributed by atoms with Gasteiger partial charge in [-0.2, -0.15) is 0 Å². The van der Waals surface area contributed by atoms with Crippen LogP contribution in [-0.4, -0.2) is 14.5 Å². The Kier molecular flexibility index (Phi) is 2.23. The zero-order chi connectivity index (χ0) is 13.5. The predicted octanol–water partition coefficient (Wildman–Crippen LogP) is 3.16. The molecule has 0 aliphatic heterocycles. The van der Waals surface area contributed by atoms with E-state index in [1.165, 1.54) is 0 Å². The summed E-state index contributed by atoms with van der Waals surface area (Å²) in [5, 5.41) is 3.31. The van der Waals surface area contributed by atoms with E-state index in [9.17, 15) is 0 Å². The van der Waals surface area contributed by atoms with Crippen LogP contribution in [0.4, 0.5) is 5.69 Å². The molecule has 0 spiro atoms. The smallest absolute Gasteiger partial charge is 0.137 e. The summed E-state index contributed by atoms with van der Waals surface area (Å²) in [4.78, 5) is 8.70. The van der Waals surface area contributed by atoms with Crippen LogP contribution in [0.1, 0.15) is 0 Å². The fourth-order valence-corrected chi connectivity index (χ4v) is 2.45. The van der Waals surface area contributed by atoms with Crippen LogP contribution in [0, 0.1) is 0 Å². The van der Waals surface area contributed by atoms with Gasteiger partial charge in [0.1, 0.15) is 5.82 Å². The predicted molar refractivity (Wildman–Crippen MR) is 80.8 cm³/mol. The van der Waals surface area contributed by atoms with Gasteiger partial charge in [0.2, 0.25) is 0 Å². The Labute approximate surface area is 115 Å². The topological polar surface area (TPSA) is 56.7 Å². The fraction of sp³-hybridized carbons (Fsp3) is 0. The Morgan fingerprint density at radius 1 is 0.900 bits per heavy atom. The minimum absolute atomic E-state index is 0.758. The molecule has 0 unspecified atom stereocenters. The van der Waals surface area contributed by atoms with Crippen LogP contribution in [0.5, 0.6) is 0 Å². The number of nitrogens with two attached hydrogens (primary N) is 1. The second-order valence-corrected chi connectivity index (χ2v) is 4.77. The van der Waals surface area contributed by atoms with E-state index in [-0.39, 0.29) is 0 Å². The normalized spacial score (nSPS) is 11.2. The van der Waals surface area contributed by atoms with E-state index in [2.05, 4.69) is 16.0 Å². The lowest BCUT2D eigenvalue weighted by Gasteiger charge is -2.06. The number of aromatic nitrogens is 3. The summed E-state index contributed by atoms with van der Waals surface area (Å²) in [7, 11) is 0. The Hall–Kier alpha value is -2.88. The third-order valence-electron chi connectivity index (χ3n) is 3.47. The minimum atomic E-state index is 0.758. The molecule has 4 heteroatoms. The van der Waals surface area contributed by atoms with E-state index in [1.54, 1.807) is 6.20 Å². The molecule has 4 nitrogen and oxygen atoms in total. The van der Waals surface area contributed by atoms with Gasteiger partial charge in [0.05, 0.1) is 11.7 Å². The number of nitrogen functional groups attached to an aromatic ring is 1. The number of hydrogen-bond acceptors (Lipinski definition) is 3. The molecule has 0 radical (unpaired) electrons. The van der Waals surface area contributed by atoms with Crippen molar-refractivity contribution in [3.63, 3.8) is 0 Å². The number of anilines is 1. The van der Waals surface area contributed by atoms with Crippen LogP contribution >= 0.6 is 0 Å². The largest absolute Gasteiger partial charge is 0.399 e. The molecular formula is C16H12N4. The highest BCUT2D eigenvalue weighted by Gasteiger charge is 2.05. The van der Waals surface area contributed by atoms with Gasteiger partial charge in [0, 0.05) is 35.1 Å². The van der Waals surface area contributed by atoms with Crippen molar-refractivity contribution >= 4 is 27.4 Å². The SMILES string of the molecule is Nc1ccc2cnc(-n3ccc4ccncc43)cc2c1. The van der Waals surface area contributed by atoms with Crippen molar-refractivity contribution in [2.75, 3.05) is 5.73 Å². The lowest BCUT2D eigenvalue weighted by Crippen LogP contribution is -1.96. The zero-order valence-corrected chi connectivity index (χ0v) is 10.7. The maximum atomic E-state index is 5.85. The number of pyridine rings is 2. The van der Waals surface area contributed by atoms with E-state index in [0.29, 0.717) is 0 Å². The first kappa shape index (κ1) is 11.0. The van der Waals surface area contributed by atoms with Crippen molar-refractivity contribution in [1.82, 2.24) is 14.5 Å². The molecule has 0 saturated heterocycles. The van der Waals surface area contributed by atoms with E-state index >= 15 is 0 Å². The van der Waals surface area contributed by atoms with Gasteiger partial charge in [-0.1, -0.05) is 6.07 Å². The van der Waals surface area contributed by atoms with Crippen LogP contribution in [0.25, 0.3) is 27.5 Å². The van der Waals surface area contributed by atoms with Gasteiger partial charge in [-0.05, 0) is 35.7 Å². The van der Waals surface area contributed by atoms with Crippen LogP contribution in [0.2, 0.25) is 0 Å².